The monoisotopic (exact) mass is 282 g/mol. The summed E-state index contributed by atoms with van der Waals surface area (Å²) in [5.74, 6) is 0.372. The van der Waals surface area contributed by atoms with Gasteiger partial charge < -0.3 is 10.6 Å². The zero-order valence-electron chi connectivity index (χ0n) is 11.9. The Balaban J connectivity index is 1.81. The first-order valence-electron chi connectivity index (χ1n) is 7.69. The number of benzene rings is 2. The van der Waals surface area contributed by atoms with Gasteiger partial charge in [0.25, 0.3) is 0 Å². The van der Waals surface area contributed by atoms with Crippen LogP contribution >= 0.6 is 0 Å². The Bertz CT molecular complexity index is 651. The molecule has 2 nitrogen and oxygen atoms in total. The maximum absolute atomic E-state index is 13.2. The normalized spacial score (nSPS) is 23.9. The van der Waals surface area contributed by atoms with E-state index in [-0.39, 0.29) is 5.82 Å². The molecule has 0 bridgehead atoms. The van der Waals surface area contributed by atoms with Crippen LogP contribution in [0.3, 0.4) is 0 Å². The first-order chi connectivity index (χ1) is 10.3. The summed E-state index contributed by atoms with van der Waals surface area (Å²) in [7, 11) is 0. The molecule has 1 fully saturated rings. The van der Waals surface area contributed by atoms with Crippen LogP contribution in [-0.4, -0.2) is 19.1 Å². The molecule has 2 aliphatic rings. The fourth-order valence-electron chi connectivity index (χ4n) is 3.73. The third-order valence-corrected chi connectivity index (χ3v) is 4.72. The Morgan fingerprint density at radius 3 is 2.62 bits per heavy atom. The van der Waals surface area contributed by atoms with Crippen molar-refractivity contribution in [2.24, 2.45) is 0 Å². The molecule has 1 saturated heterocycles. The SMILES string of the molecule is Fc1ccc(-c2cccc3c2[C@@H]2CCNCC[C@@H]2N3)cc1. The Labute approximate surface area is 124 Å². The standard InChI is InChI=1S/C18H19FN2/c19-13-6-4-12(5-7-13)14-2-1-3-17-18(14)15-8-10-20-11-9-16(15)21-17/h1-7,15-16,20-21H,8-11H2/t15-,16+/m1/s1. The van der Waals surface area contributed by atoms with Gasteiger partial charge in [0, 0.05) is 17.6 Å². The molecule has 0 spiro atoms. The van der Waals surface area contributed by atoms with Gasteiger partial charge in [-0.25, -0.2) is 4.39 Å². The number of fused-ring (bicyclic) bond motifs is 3. The summed E-state index contributed by atoms with van der Waals surface area (Å²) in [6.45, 7) is 2.15. The zero-order chi connectivity index (χ0) is 14.2. The predicted octanol–water partition coefficient (Wildman–Crippen LogP) is 3.75. The molecule has 2 heterocycles. The van der Waals surface area contributed by atoms with Crippen LogP contribution in [-0.2, 0) is 0 Å². The van der Waals surface area contributed by atoms with Crippen LogP contribution in [0.15, 0.2) is 42.5 Å². The van der Waals surface area contributed by atoms with Crippen LogP contribution in [0.4, 0.5) is 10.1 Å². The van der Waals surface area contributed by atoms with Crippen molar-refractivity contribution >= 4 is 5.69 Å². The number of anilines is 1. The summed E-state index contributed by atoms with van der Waals surface area (Å²) in [6, 6.07) is 13.8. The van der Waals surface area contributed by atoms with Crippen LogP contribution in [0.2, 0.25) is 0 Å². The van der Waals surface area contributed by atoms with Crippen molar-refractivity contribution in [3.05, 3.63) is 53.8 Å². The molecule has 21 heavy (non-hydrogen) atoms. The number of nitrogens with one attached hydrogen (secondary N) is 2. The molecule has 4 rings (SSSR count). The molecule has 0 amide bonds. The number of hydrogen-bond donors (Lipinski definition) is 2. The van der Waals surface area contributed by atoms with Gasteiger partial charge in [-0.2, -0.15) is 0 Å². The molecular formula is C18H19FN2. The van der Waals surface area contributed by atoms with E-state index in [1.54, 1.807) is 12.1 Å². The summed E-state index contributed by atoms with van der Waals surface area (Å²) < 4.78 is 13.2. The van der Waals surface area contributed by atoms with Crippen molar-refractivity contribution in [2.45, 2.75) is 24.8 Å². The summed E-state index contributed by atoms with van der Waals surface area (Å²) >= 11 is 0. The molecule has 2 aliphatic heterocycles. The van der Waals surface area contributed by atoms with Crippen LogP contribution in [0.1, 0.15) is 24.3 Å². The molecule has 2 N–H and O–H groups in total. The van der Waals surface area contributed by atoms with Crippen LogP contribution in [0, 0.1) is 5.82 Å². The largest absolute Gasteiger partial charge is 0.381 e. The molecule has 108 valence electrons. The molecule has 0 unspecified atom stereocenters. The fraction of sp³-hybridized carbons (Fsp3) is 0.333. The van der Waals surface area contributed by atoms with E-state index >= 15 is 0 Å². The molecule has 0 radical (unpaired) electrons. The Morgan fingerprint density at radius 1 is 0.952 bits per heavy atom. The first-order valence-corrected chi connectivity index (χ1v) is 7.69. The Kier molecular flexibility index (Phi) is 3.15. The number of rotatable bonds is 1. The van der Waals surface area contributed by atoms with Crippen LogP contribution < -0.4 is 10.6 Å². The van der Waals surface area contributed by atoms with Gasteiger partial charge in [-0.05, 0) is 60.8 Å². The second-order valence-corrected chi connectivity index (χ2v) is 5.96. The van der Waals surface area contributed by atoms with Gasteiger partial charge in [0.05, 0.1) is 0 Å². The topological polar surface area (TPSA) is 24.1 Å². The minimum Gasteiger partial charge on any atom is -0.381 e. The smallest absolute Gasteiger partial charge is 0.123 e. The molecule has 0 aromatic heterocycles. The van der Waals surface area contributed by atoms with E-state index in [2.05, 4.69) is 28.8 Å². The van der Waals surface area contributed by atoms with E-state index in [1.165, 1.54) is 16.8 Å². The lowest BCUT2D eigenvalue weighted by atomic mass is 9.86. The average Bonchev–Trinajstić information content (AvgIpc) is 2.70. The minimum atomic E-state index is -0.180. The highest BCUT2D eigenvalue weighted by atomic mass is 19.1. The van der Waals surface area contributed by atoms with Crippen molar-refractivity contribution in [2.75, 3.05) is 18.4 Å². The van der Waals surface area contributed by atoms with Gasteiger partial charge in [-0.3, -0.25) is 0 Å². The van der Waals surface area contributed by atoms with Gasteiger partial charge in [-0.1, -0.05) is 24.3 Å². The quantitative estimate of drug-likeness (QED) is 0.832. The molecule has 0 saturated carbocycles. The fourth-order valence-corrected chi connectivity index (χ4v) is 3.73. The minimum absolute atomic E-state index is 0.180. The lowest BCUT2D eigenvalue weighted by Gasteiger charge is -2.18. The van der Waals surface area contributed by atoms with Crippen LogP contribution in [0.5, 0.6) is 0 Å². The van der Waals surface area contributed by atoms with E-state index in [9.17, 15) is 4.39 Å². The maximum atomic E-state index is 13.2. The molecule has 0 aliphatic carbocycles. The highest BCUT2D eigenvalue weighted by Gasteiger charge is 2.34. The van der Waals surface area contributed by atoms with Crippen molar-refractivity contribution in [1.29, 1.82) is 0 Å². The molecule has 3 heteroatoms. The van der Waals surface area contributed by atoms with Crippen molar-refractivity contribution < 1.29 is 4.39 Å². The van der Waals surface area contributed by atoms with Crippen molar-refractivity contribution in [3.63, 3.8) is 0 Å². The van der Waals surface area contributed by atoms with Gasteiger partial charge in [0.1, 0.15) is 5.82 Å². The Hall–Kier alpha value is -1.87. The number of halogens is 1. The van der Waals surface area contributed by atoms with E-state index in [1.807, 2.05) is 12.1 Å². The van der Waals surface area contributed by atoms with Gasteiger partial charge >= 0.3 is 0 Å². The highest BCUT2D eigenvalue weighted by Crippen LogP contribution is 2.45. The van der Waals surface area contributed by atoms with Crippen molar-refractivity contribution in [3.8, 4) is 11.1 Å². The lowest BCUT2D eigenvalue weighted by molar-refractivity contribution is 0.579. The summed E-state index contributed by atoms with van der Waals surface area (Å²) in [4.78, 5) is 0. The third kappa shape index (κ3) is 2.22. The van der Waals surface area contributed by atoms with E-state index in [0.29, 0.717) is 12.0 Å². The molecule has 2 aromatic rings. The maximum Gasteiger partial charge on any atom is 0.123 e. The predicted molar refractivity (Wildman–Crippen MR) is 84.1 cm³/mol. The average molecular weight is 282 g/mol. The molecular weight excluding hydrogens is 263 g/mol. The van der Waals surface area contributed by atoms with Crippen molar-refractivity contribution in [1.82, 2.24) is 5.32 Å². The van der Waals surface area contributed by atoms with Gasteiger partial charge in [0.15, 0.2) is 0 Å². The summed E-state index contributed by atoms with van der Waals surface area (Å²) in [5.41, 5.74) is 5.02. The number of hydrogen-bond acceptors (Lipinski definition) is 2. The Morgan fingerprint density at radius 2 is 1.76 bits per heavy atom. The highest BCUT2D eigenvalue weighted by molar-refractivity contribution is 5.77. The van der Waals surface area contributed by atoms with Crippen LogP contribution in [0.25, 0.3) is 11.1 Å². The van der Waals surface area contributed by atoms with Gasteiger partial charge in [0.2, 0.25) is 0 Å². The zero-order valence-corrected chi connectivity index (χ0v) is 11.9. The summed E-state index contributed by atoms with van der Waals surface area (Å²) in [6.07, 6.45) is 2.31. The second-order valence-electron chi connectivity index (χ2n) is 5.96. The van der Waals surface area contributed by atoms with E-state index in [4.69, 9.17) is 0 Å². The van der Waals surface area contributed by atoms with Gasteiger partial charge in [-0.15, -0.1) is 0 Å². The van der Waals surface area contributed by atoms with E-state index < -0.39 is 0 Å². The molecule has 2 aromatic carbocycles. The first kappa shape index (κ1) is 12.8. The summed E-state index contributed by atoms with van der Waals surface area (Å²) in [5, 5.41) is 7.17. The second kappa shape index (κ2) is 5.15. The third-order valence-electron chi connectivity index (χ3n) is 4.72. The molecule has 2 atom stereocenters. The lowest BCUT2D eigenvalue weighted by Crippen LogP contribution is -2.21. The van der Waals surface area contributed by atoms with E-state index in [0.717, 1.165) is 31.5 Å².